The van der Waals surface area contributed by atoms with Crippen molar-refractivity contribution in [2.45, 2.75) is 58.1 Å². The van der Waals surface area contributed by atoms with Gasteiger partial charge >= 0.3 is 18.5 Å². The second kappa shape index (κ2) is 14.3. The van der Waals surface area contributed by atoms with Gasteiger partial charge in [0.2, 0.25) is 0 Å². The van der Waals surface area contributed by atoms with Crippen molar-refractivity contribution in [2.75, 3.05) is 19.8 Å². The maximum atomic E-state index is 11.9. The third-order valence-corrected chi connectivity index (χ3v) is 5.77. The molecule has 0 saturated carbocycles. The van der Waals surface area contributed by atoms with Crippen LogP contribution in [0.5, 0.6) is 0 Å². The summed E-state index contributed by atoms with van der Waals surface area (Å²) in [6.07, 6.45) is -9.64. The van der Waals surface area contributed by atoms with Gasteiger partial charge in [0.1, 0.15) is 0 Å². The molecule has 0 radical (unpaired) electrons. The SMILES string of the molecule is CC1=C(C)C(=O)N(OCC(F)(F)F)C1=O.O=C1C2=C(CCCC2)C(=O)N1OCC(F)(F)F.O=C1C=CC(=O)N1OCC(F)(F)F. The molecule has 0 fully saturated rings. The molecule has 21 heteroatoms. The highest BCUT2D eigenvalue weighted by Crippen LogP contribution is 2.33. The Hall–Kier alpha value is -4.11. The predicted octanol–water partition coefficient (Wildman–Crippen LogP) is 3.31. The average Bonchev–Trinajstić information content (AvgIpc) is 3.44. The molecule has 6 amide bonds. The molecule has 0 atom stereocenters. The van der Waals surface area contributed by atoms with Gasteiger partial charge in [-0.15, -0.1) is 15.2 Å². The van der Waals surface area contributed by atoms with E-state index in [0.29, 0.717) is 24.0 Å². The molecule has 0 aromatic carbocycles. The predicted molar refractivity (Wildman–Crippen MR) is 125 cm³/mol. The van der Waals surface area contributed by atoms with E-state index < -0.39 is 73.8 Å². The zero-order chi connectivity index (χ0) is 34.5. The number of imide groups is 3. The minimum atomic E-state index is -4.58. The van der Waals surface area contributed by atoms with Gasteiger partial charge in [0.15, 0.2) is 19.8 Å². The second-order valence-electron chi connectivity index (χ2n) is 9.19. The maximum Gasteiger partial charge on any atom is 0.414 e. The maximum absolute atomic E-state index is 11.9. The standard InChI is InChI=1S/C10H10F3NO3.C8H8F3NO3.C6H4F3NO3/c11-10(12,13)5-17-14-8(15)6-3-1-2-4-7(6)9(14)16;1-4-5(2)7(14)12(6(4)13)15-3-8(9,10)11;7-6(8,9)3-13-10-4(11)1-2-5(10)12/h1-5H2;3H2,1-2H3;1-2H,3H2. The van der Waals surface area contributed by atoms with E-state index in [1.807, 2.05) is 0 Å². The second-order valence-corrected chi connectivity index (χ2v) is 9.19. The van der Waals surface area contributed by atoms with Crippen LogP contribution < -0.4 is 0 Å². The zero-order valence-corrected chi connectivity index (χ0v) is 23.0. The Labute approximate surface area is 246 Å². The van der Waals surface area contributed by atoms with Gasteiger partial charge in [-0.05, 0) is 39.5 Å². The van der Waals surface area contributed by atoms with Gasteiger partial charge in [-0.3, -0.25) is 43.3 Å². The van der Waals surface area contributed by atoms with E-state index in [9.17, 15) is 68.3 Å². The fourth-order valence-corrected chi connectivity index (χ4v) is 3.59. The molecular formula is C24H22F9N3O9. The van der Waals surface area contributed by atoms with Crippen LogP contribution in [0, 0.1) is 0 Å². The van der Waals surface area contributed by atoms with E-state index in [0.717, 1.165) is 25.0 Å². The Bertz CT molecular complexity index is 1260. The summed E-state index contributed by atoms with van der Waals surface area (Å²) in [5.74, 6) is -4.99. The minimum absolute atomic E-state index is 0.0630. The summed E-state index contributed by atoms with van der Waals surface area (Å²) in [7, 11) is 0. The lowest BCUT2D eigenvalue weighted by molar-refractivity contribution is -0.239. The summed E-state index contributed by atoms with van der Waals surface area (Å²) in [6.45, 7) is -2.25. The molecule has 0 spiro atoms. The third kappa shape index (κ3) is 10.5. The van der Waals surface area contributed by atoms with Gasteiger partial charge < -0.3 is 0 Å². The number of hydrogen-bond donors (Lipinski definition) is 0. The first-order valence-corrected chi connectivity index (χ1v) is 12.4. The highest BCUT2D eigenvalue weighted by molar-refractivity contribution is 6.19. The first-order chi connectivity index (χ1) is 20.5. The summed E-state index contributed by atoms with van der Waals surface area (Å²) in [5.41, 5.74) is 0.816. The van der Waals surface area contributed by atoms with Gasteiger partial charge in [0.25, 0.3) is 35.4 Å². The summed E-state index contributed by atoms with van der Waals surface area (Å²) >= 11 is 0. The number of carbonyl (C=O) groups excluding carboxylic acids is 6. The molecule has 4 rings (SSSR count). The van der Waals surface area contributed by atoms with Gasteiger partial charge in [-0.1, -0.05) is 0 Å². The molecule has 1 aliphatic carbocycles. The number of rotatable bonds is 6. The monoisotopic (exact) mass is 667 g/mol. The Morgan fingerprint density at radius 1 is 0.533 bits per heavy atom. The van der Waals surface area contributed by atoms with Crippen molar-refractivity contribution >= 4 is 35.4 Å². The number of carbonyl (C=O) groups is 6. The fourth-order valence-electron chi connectivity index (χ4n) is 3.59. The summed E-state index contributed by atoms with van der Waals surface area (Å²) in [6, 6.07) is 0. The molecule has 0 saturated heterocycles. The third-order valence-electron chi connectivity index (χ3n) is 5.77. The van der Waals surface area contributed by atoms with Crippen LogP contribution in [0.25, 0.3) is 0 Å². The van der Waals surface area contributed by atoms with E-state index in [1.54, 1.807) is 0 Å². The molecule has 0 aromatic rings. The molecule has 45 heavy (non-hydrogen) atoms. The largest absolute Gasteiger partial charge is 0.414 e. The molecule has 12 nitrogen and oxygen atoms in total. The Balaban J connectivity index is 0.000000238. The van der Waals surface area contributed by atoms with Crippen molar-refractivity contribution < 1.29 is 82.8 Å². The van der Waals surface area contributed by atoms with E-state index >= 15 is 0 Å². The molecule has 3 heterocycles. The first kappa shape index (κ1) is 37.1. The van der Waals surface area contributed by atoms with E-state index in [2.05, 4.69) is 14.5 Å². The van der Waals surface area contributed by atoms with Crippen LogP contribution in [-0.2, 0) is 43.3 Å². The molecule has 0 N–H and O–H groups in total. The summed E-state index contributed by atoms with van der Waals surface area (Å²) in [5, 5.41) is 0.440. The van der Waals surface area contributed by atoms with Crippen molar-refractivity contribution in [1.82, 2.24) is 15.2 Å². The zero-order valence-electron chi connectivity index (χ0n) is 23.0. The smallest absolute Gasteiger partial charge is 0.267 e. The topological polar surface area (TPSA) is 140 Å². The van der Waals surface area contributed by atoms with E-state index in [1.165, 1.54) is 13.8 Å². The molecular weight excluding hydrogens is 645 g/mol. The van der Waals surface area contributed by atoms with Crippen LogP contribution in [0.4, 0.5) is 39.5 Å². The van der Waals surface area contributed by atoms with Gasteiger partial charge in [0, 0.05) is 34.4 Å². The van der Waals surface area contributed by atoms with Gasteiger partial charge in [-0.25, -0.2) is 0 Å². The lowest BCUT2D eigenvalue weighted by Crippen LogP contribution is -2.35. The number of halogens is 9. The van der Waals surface area contributed by atoms with Crippen LogP contribution >= 0.6 is 0 Å². The molecule has 4 aliphatic rings. The first-order valence-electron chi connectivity index (χ1n) is 12.4. The lowest BCUT2D eigenvalue weighted by Gasteiger charge is -2.15. The van der Waals surface area contributed by atoms with Crippen molar-refractivity contribution in [1.29, 1.82) is 0 Å². The van der Waals surface area contributed by atoms with Crippen molar-refractivity contribution in [3.63, 3.8) is 0 Å². The molecule has 0 unspecified atom stereocenters. The Morgan fingerprint density at radius 2 is 0.822 bits per heavy atom. The van der Waals surface area contributed by atoms with Crippen molar-refractivity contribution in [3.05, 3.63) is 34.4 Å². The van der Waals surface area contributed by atoms with Crippen LogP contribution in [0.1, 0.15) is 39.5 Å². The van der Waals surface area contributed by atoms with Crippen LogP contribution in [0.3, 0.4) is 0 Å². The molecule has 0 bridgehead atoms. The van der Waals surface area contributed by atoms with E-state index in [-0.39, 0.29) is 26.3 Å². The highest BCUT2D eigenvalue weighted by atomic mass is 19.4. The molecule has 0 aromatic heterocycles. The van der Waals surface area contributed by atoms with Crippen molar-refractivity contribution in [2.24, 2.45) is 0 Å². The normalized spacial score (nSPS) is 19.0. The quantitative estimate of drug-likeness (QED) is 0.308. The van der Waals surface area contributed by atoms with Gasteiger partial charge in [0.05, 0.1) is 0 Å². The molecule has 250 valence electrons. The molecule has 3 aliphatic heterocycles. The van der Waals surface area contributed by atoms with E-state index in [4.69, 9.17) is 0 Å². The van der Waals surface area contributed by atoms with Crippen LogP contribution in [0.15, 0.2) is 34.4 Å². The number of hydrogen-bond acceptors (Lipinski definition) is 9. The summed E-state index contributed by atoms with van der Waals surface area (Å²) < 4.78 is 106. The summed E-state index contributed by atoms with van der Waals surface area (Å²) in [4.78, 5) is 79.2. The lowest BCUT2D eigenvalue weighted by atomic mass is 9.93. The Morgan fingerprint density at radius 3 is 1.13 bits per heavy atom. The highest BCUT2D eigenvalue weighted by Gasteiger charge is 2.42. The average molecular weight is 667 g/mol. The number of alkyl halides is 9. The van der Waals surface area contributed by atoms with Crippen molar-refractivity contribution in [3.8, 4) is 0 Å². The number of nitrogens with zero attached hydrogens (tertiary/aromatic N) is 3. The minimum Gasteiger partial charge on any atom is -0.267 e. The Kier molecular flexibility index (Phi) is 11.8. The number of amides is 6. The fraction of sp³-hybridized carbons (Fsp3) is 0.500. The number of hydroxylamine groups is 6. The van der Waals surface area contributed by atoms with Gasteiger partial charge in [-0.2, -0.15) is 39.5 Å². The van der Waals surface area contributed by atoms with Crippen LogP contribution in [0.2, 0.25) is 0 Å². The van der Waals surface area contributed by atoms with Crippen LogP contribution in [-0.4, -0.2) is 89.0 Å².